The Morgan fingerprint density at radius 3 is 1.89 bits per heavy atom. The van der Waals surface area contributed by atoms with Crippen molar-refractivity contribution in [3.8, 4) is 11.1 Å². The molecule has 189 valence electrons. The van der Waals surface area contributed by atoms with Crippen molar-refractivity contribution >= 4 is 22.0 Å². The molecule has 6 rings (SSSR count). The molecule has 4 aromatic rings. The Bertz CT molecular complexity index is 1490. The molecule has 0 saturated heterocycles. The van der Waals surface area contributed by atoms with Gasteiger partial charge in [0.1, 0.15) is 0 Å². The standard InChI is InChI=1S/C21H21Si.C13H10.2ClH.Zr/c1-22(2,3)20-13-12-18-17-11-7-6-10-16(17)14-19(18)21(20)15-8-4-5-9-15;1-3-7-12(8-4-1)11-13-9-5-2-6-10-13;;;/h4-8,10-14H,9H2,1-3H3;1-10H;2*1H;/q;;;;+2/p-2. The molecule has 4 aromatic carbocycles. The fraction of sp³-hybridized carbons (Fsp3) is 0.147. The molecule has 4 heteroatoms. The van der Waals surface area contributed by atoms with E-state index in [1.165, 1.54) is 27.8 Å². The SMILES string of the molecule is C[Si](C)(C)c1ccc2c(c1C1=CC=CC1)[CH]([Zr+2]=[C](c1ccccc1)c1ccccc1)c1ccccc1-2.[Cl-].[Cl-]. The van der Waals surface area contributed by atoms with E-state index in [4.69, 9.17) is 0 Å². The minimum atomic E-state index is -1.55. The van der Waals surface area contributed by atoms with E-state index in [1.54, 1.807) is 25.1 Å². The van der Waals surface area contributed by atoms with E-state index in [1.807, 2.05) is 0 Å². The van der Waals surface area contributed by atoms with Crippen LogP contribution < -0.4 is 30.0 Å². The van der Waals surface area contributed by atoms with Crippen LogP contribution in [0.1, 0.15) is 37.9 Å². The van der Waals surface area contributed by atoms with Crippen LogP contribution in [-0.2, 0) is 22.8 Å². The van der Waals surface area contributed by atoms with E-state index in [-0.39, 0.29) is 24.8 Å². The van der Waals surface area contributed by atoms with Crippen LogP contribution in [0.15, 0.2) is 115 Å². The van der Waals surface area contributed by atoms with Gasteiger partial charge in [-0.15, -0.1) is 0 Å². The Morgan fingerprint density at radius 1 is 0.711 bits per heavy atom. The van der Waals surface area contributed by atoms with Crippen LogP contribution in [-0.4, -0.2) is 11.3 Å². The second kappa shape index (κ2) is 12.0. The fourth-order valence-electron chi connectivity index (χ4n) is 5.74. The monoisotopic (exact) mass is 627 g/mol. The second-order valence-electron chi connectivity index (χ2n) is 10.8. The van der Waals surface area contributed by atoms with E-state index in [9.17, 15) is 0 Å². The second-order valence-corrected chi connectivity index (χ2v) is 19.2. The summed E-state index contributed by atoms with van der Waals surface area (Å²) in [5, 5.41) is 1.62. The van der Waals surface area contributed by atoms with Gasteiger partial charge < -0.3 is 24.8 Å². The van der Waals surface area contributed by atoms with E-state index in [0.717, 1.165) is 6.42 Å². The molecule has 38 heavy (non-hydrogen) atoms. The first-order chi connectivity index (χ1) is 17.5. The van der Waals surface area contributed by atoms with Crippen molar-refractivity contribution in [3.63, 3.8) is 0 Å². The van der Waals surface area contributed by atoms with Crippen molar-refractivity contribution in [2.24, 2.45) is 0 Å². The first kappa shape index (κ1) is 28.9. The van der Waals surface area contributed by atoms with E-state index in [2.05, 4.69) is 135 Å². The van der Waals surface area contributed by atoms with Gasteiger partial charge in [0.2, 0.25) is 0 Å². The summed E-state index contributed by atoms with van der Waals surface area (Å²) < 4.78 is 2.10. The Kier molecular flexibility index (Phi) is 9.11. The molecule has 0 N–H and O–H groups in total. The van der Waals surface area contributed by atoms with E-state index < -0.39 is 30.8 Å². The third-order valence-corrected chi connectivity index (χ3v) is 13.8. The number of hydrogen-bond donors (Lipinski definition) is 0. The van der Waals surface area contributed by atoms with E-state index in [0.29, 0.717) is 3.63 Å². The van der Waals surface area contributed by atoms with Crippen LogP contribution in [0.5, 0.6) is 0 Å². The molecule has 0 aliphatic heterocycles. The van der Waals surface area contributed by atoms with Gasteiger partial charge in [-0.1, -0.05) is 0 Å². The number of hydrogen-bond acceptors (Lipinski definition) is 0. The van der Waals surface area contributed by atoms with Gasteiger partial charge in [0.15, 0.2) is 0 Å². The summed E-state index contributed by atoms with van der Waals surface area (Å²) in [5.74, 6) is 0. The quantitative estimate of drug-likeness (QED) is 0.297. The van der Waals surface area contributed by atoms with Crippen LogP contribution in [0.25, 0.3) is 16.7 Å². The van der Waals surface area contributed by atoms with Crippen molar-refractivity contribution in [2.45, 2.75) is 29.7 Å². The molecule has 1 unspecified atom stereocenters. The fourth-order valence-corrected chi connectivity index (χ4v) is 11.8. The third-order valence-electron chi connectivity index (χ3n) is 7.41. The van der Waals surface area contributed by atoms with Gasteiger partial charge in [-0.2, -0.15) is 0 Å². The van der Waals surface area contributed by atoms with Crippen LogP contribution in [0.4, 0.5) is 0 Å². The molecule has 2 aliphatic carbocycles. The van der Waals surface area contributed by atoms with Crippen molar-refractivity contribution in [3.05, 3.63) is 143 Å². The summed E-state index contributed by atoms with van der Waals surface area (Å²) in [6.45, 7) is 7.51. The number of allylic oxidation sites excluding steroid dienone is 4. The molecular formula is C34H31Cl2SiZr. The van der Waals surface area contributed by atoms with Crippen molar-refractivity contribution < 1.29 is 47.6 Å². The molecule has 2 aliphatic rings. The molecule has 0 radical (unpaired) electrons. The summed E-state index contributed by atoms with van der Waals surface area (Å²) in [4.78, 5) is 0. The topological polar surface area (TPSA) is 0 Å². The van der Waals surface area contributed by atoms with Gasteiger partial charge in [-0.3, -0.25) is 0 Å². The Balaban J connectivity index is 0.00000168. The smallest absolute Gasteiger partial charge is 1.00 e. The van der Waals surface area contributed by atoms with Gasteiger partial charge in [-0.05, 0) is 0 Å². The van der Waals surface area contributed by atoms with Gasteiger partial charge in [0, 0.05) is 0 Å². The molecule has 0 bridgehead atoms. The number of rotatable bonds is 5. The Morgan fingerprint density at radius 2 is 1.32 bits per heavy atom. The number of benzene rings is 4. The third kappa shape index (κ3) is 5.34. The van der Waals surface area contributed by atoms with Crippen molar-refractivity contribution in [2.75, 3.05) is 0 Å². The van der Waals surface area contributed by atoms with Crippen molar-refractivity contribution in [1.82, 2.24) is 0 Å². The molecule has 1 atom stereocenters. The molecule has 0 nitrogen and oxygen atoms in total. The maximum absolute atomic E-state index is 2.50. The Hall–Kier alpha value is -2.09. The summed E-state index contributed by atoms with van der Waals surface area (Å²) in [6, 6.07) is 36.5. The van der Waals surface area contributed by atoms with E-state index >= 15 is 0 Å². The first-order valence-electron chi connectivity index (χ1n) is 12.9. The average molecular weight is 630 g/mol. The minimum Gasteiger partial charge on any atom is -1.00 e. The zero-order chi connectivity index (χ0) is 24.7. The normalized spacial score (nSPS) is 14.9. The molecule has 0 saturated carbocycles. The van der Waals surface area contributed by atoms with Crippen LogP contribution in [0, 0.1) is 0 Å². The average Bonchev–Trinajstić information content (AvgIpc) is 3.54. The number of fused-ring (bicyclic) bond motifs is 3. The maximum atomic E-state index is 2.50. The summed E-state index contributed by atoms with van der Waals surface area (Å²) >= 11 is -1.12. The largest absolute Gasteiger partial charge is 1.00 e. The van der Waals surface area contributed by atoms with Gasteiger partial charge >= 0.3 is 229 Å². The summed E-state index contributed by atoms with van der Waals surface area (Å²) in [7, 11) is -1.55. The molecule has 0 fully saturated rings. The molecule has 0 aromatic heterocycles. The summed E-state index contributed by atoms with van der Waals surface area (Å²) in [5.41, 5.74) is 12.0. The number of halogens is 2. The Labute approximate surface area is 251 Å². The zero-order valence-electron chi connectivity index (χ0n) is 22.0. The summed E-state index contributed by atoms with van der Waals surface area (Å²) in [6.07, 6.45) is 8.01. The predicted octanol–water partition coefficient (Wildman–Crippen LogP) is 2.00. The van der Waals surface area contributed by atoms with Gasteiger partial charge in [0.25, 0.3) is 0 Å². The maximum Gasteiger partial charge on any atom is -1.00 e. The van der Waals surface area contributed by atoms with Crippen LogP contribution in [0.3, 0.4) is 0 Å². The van der Waals surface area contributed by atoms with Crippen LogP contribution >= 0.6 is 0 Å². The molecular weight excluding hydrogens is 599 g/mol. The van der Waals surface area contributed by atoms with Crippen LogP contribution in [0.2, 0.25) is 19.6 Å². The van der Waals surface area contributed by atoms with Crippen molar-refractivity contribution in [1.29, 1.82) is 0 Å². The van der Waals surface area contributed by atoms with Gasteiger partial charge in [-0.25, -0.2) is 0 Å². The molecule has 0 heterocycles. The predicted molar refractivity (Wildman–Crippen MR) is 155 cm³/mol. The molecule has 0 amide bonds. The minimum absolute atomic E-state index is 0. The molecule has 0 spiro atoms. The van der Waals surface area contributed by atoms with Gasteiger partial charge in [0.05, 0.1) is 0 Å². The first-order valence-corrected chi connectivity index (χ1v) is 19.0. The zero-order valence-corrected chi connectivity index (χ0v) is 27.0.